The van der Waals surface area contributed by atoms with E-state index in [4.69, 9.17) is 9.47 Å². The summed E-state index contributed by atoms with van der Waals surface area (Å²) < 4.78 is 10.7. The van der Waals surface area contributed by atoms with Crippen LogP contribution >= 0.6 is 0 Å². The maximum atomic E-state index is 5.59. The second-order valence-electron chi connectivity index (χ2n) is 3.30. The highest BCUT2D eigenvalue weighted by atomic mass is 16.5. The van der Waals surface area contributed by atoms with Gasteiger partial charge in [-0.15, -0.1) is 0 Å². The van der Waals surface area contributed by atoms with Crippen LogP contribution in [0.2, 0.25) is 0 Å². The van der Waals surface area contributed by atoms with Gasteiger partial charge in [-0.2, -0.15) is 0 Å². The first-order valence-corrected chi connectivity index (χ1v) is 4.44. The van der Waals surface area contributed by atoms with Crippen LogP contribution in [0.1, 0.15) is 19.4 Å². The predicted molar refractivity (Wildman–Crippen MR) is 53.5 cm³/mol. The lowest BCUT2D eigenvalue weighted by molar-refractivity contribution is 0.240. The predicted octanol–water partition coefficient (Wildman–Crippen LogP) is 2.79. The van der Waals surface area contributed by atoms with Gasteiger partial charge < -0.3 is 9.47 Å². The molecule has 2 heteroatoms. The first kappa shape index (κ1) is 9.90. The Balaban J connectivity index is 2.85. The maximum absolute atomic E-state index is 5.59. The van der Waals surface area contributed by atoms with Crippen LogP contribution in [-0.4, -0.2) is 13.2 Å². The molecule has 0 aromatic heterocycles. The standard InChI is InChI=1S/C11H16O2/c1-8(2)13-11-6-5-10(12-4)7-9(11)3/h5-8H,1-4H3. The molecule has 0 spiro atoms. The molecular weight excluding hydrogens is 164 g/mol. The summed E-state index contributed by atoms with van der Waals surface area (Å²) in [7, 11) is 1.66. The van der Waals surface area contributed by atoms with E-state index < -0.39 is 0 Å². The van der Waals surface area contributed by atoms with E-state index in [2.05, 4.69) is 0 Å². The van der Waals surface area contributed by atoms with Crippen molar-refractivity contribution in [2.75, 3.05) is 7.11 Å². The average Bonchev–Trinajstić information content (AvgIpc) is 2.08. The number of benzene rings is 1. The van der Waals surface area contributed by atoms with Crippen molar-refractivity contribution in [3.63, 3.8) is 0 Å². The van der Waals surface area contributed by atoms with Gasteiger partial charge in [0.25, 0.3) is 0 Å². The first-order chi connectivity index (χ1) is 6.13. The summed E-state index contributed by atoms with van der Waals surface area (Å²) in [6.07, 6.45) is 0.215. The van der Waals surface area contributed by atoms with Crippen molar-refractivity contribution in [3.8, 4) is 11.5 Å². The maximum Gasteiger partial charge on any atom is 0.122 e. The second kappa shape index (κ2) is 4.17. The number of rotatable bonds is 3. The molecular formula is C11H16O2. The van der Waals surface area contributed by atoms with Gasteiger partial charge in [-0.25, -0.2) is 0 Å². The third-order valence-corrected chi connectivity index (χ3v) is 1.74. The van der Waals surface area contributed by atoms with E-state index in [0.29, 0.717) is 0 Å². The van der Waals surface area contributed by atoms with E-state index in [-0.39, 0.29) is 6.10 Å². The molecule has 0 atom stereocenters. The minimum atomic E-state index is 0.215. The number of methoxy groups -OCH3 is 1. The normalized spacial score (nSPS) is 10.2. The van der Waals surface area contributed by atoms with Crippen molar-refractivity contribution in [3.05, 3.63) is 23.8 Å². The van der Waals surface area contributed by atoms with Crippen LogP contribution in [0.3, 0.4) is 0 Å². The summed E-state index contributed by atoms with van der Waals surface area (Å²) in [5.74, 6) is 1.80. The fourth-order valence-electron chi connectivity index (χ4n) is 1.14. The summed E-state index contributed by atoms with van der Waals surface area (Å²) >= 11 is 0. The lowest BCUT2D eigenvalue weighted by Crippen LogP contribution is -2.06. The van der Waals surface area contributed by atoms with Gasteiger partial charge >= 0.3 is 0 Å². The highest BCUT2D eigenvalue weighted by Gasteiger charge is 2.02. The summed E-state index contributed by atoms with van der Waals surface area (Å²) in [6.45, 7) is 6.05. The quantitative estimate of drug-likeness (QED) is 0.712. The largest absolute Gasteiger partial charge is 0.497 e. The van der Waals surface area contributed by atoms with Crippen LogP contribution in [0.15, 0.2) is 18.2 Å². The zero-order valence-corrected chi connectivity index (χ0v) is 8.63. The summed E-state index contributed by atoms with van der Waals surface area (Å²) in [5.41, 5.74) is 1.10. The molecule has 0 saturated heterocycles. The number of hydrogen-bond donors (Lipinski definition) is 0. The molecule has 1 aromatic carbocycles. The summed E-state index contributed by atoms with van der Waals surface area (Å²) in [5, 5.41) is 0. The van der Waals surface area contributed by atoms with E-state index in [1.54, 1.807) is 7.11 Å². The van der Waals surface area contributed by atoms with Crippen molar-refractivity contribution in [1.82, 2.24) is 0 Å². The van der Waals surface area contributed by atoms with Gasteiger partial charge in [0, 0.05) is 0 Å². The Morgan fingerprint density at radius 3 is 2.38 bits per heavy atom. The van der Waals surface area contributed by atoms with Crippen LogP contribution < -0.4 is 9.47 Å². The van der Waals surface area contributed by atoms with Crippen molar-refractivity contribution >= 4 is 0 Å². The minimum Gasteiger partial charge on any atom is -0.497 e. The molecule has 13 heavy (non-hydrogen) atoms. The van der Waals surface area contributed by atoms with Gasteiger partial charge in [0.2, 0.25) is 0 Å². The second-order valence-corrected chi connectivity index (χ2v) is 3.30. The van der Waals surface area contributed by atoms with Crippen LogP contribution in [-0.2, 0) is 0 Å². The lowest BCUT2D eigenvalue weighted by atomic mass is 10.2. The van der Waals surface area contributed by atoms with E-state index in [0.717, 1.165) is 17.1 Å². The van der Waals surface area contributed by atoms with Crippen molar-refractivity contribution in [2.24, 2.45) is 0 Å². The molecule has 0 heterocycles. The van der Waals surface area contributed by atoms with Crippen molar-refractivity contribution in [1.29, 1.82) is 0 Å². The smallest absolute Gasteiger partial charge is 0.122 e. The topological polar surface area (TPSA) is 18.5 Å². The number of hydrogen-bond acceptors (Lipinski definition) is 2. The molecule has 0 N–H and O–H groups in total. The highest BCUT2D eigenvalue weighted by molar-refractivity contribution is 5.39. The Morgan fingerprint density at radius 2 is 1.92 bits per heavy atom. The molecule has 1 aromatic rings. The fraction of sp³-hybridized carbons (Fsp3) is 0.455. The van der Waals surface area contributed by atoms with Crippen LogP contribution in [0.5, 0.6) is 11.5 Å². The van der Waals surface area contributed by atoms with Gasteiger partial charge in [0.05, 0.1) is 13.2 Å². The molecule has 72 valence electrons. The Bertz CT molecular complexity index is 279. The third-order valence-electron chi connectivity index (χ3n) is 1.74. The first-order valence-electron chi connectivity index (χ1n) is 4.44. The Kier molecular flexibility index (Phi) is 3.18. The highest BCUT2D eigenvalue weighted by Crippen LogP contribution is 2.23. The molecule has 0 amide bonds. The van der Waals surface area contributed by atoms with Gasteiger partial charge in [0.1, 0.15) is 11.5 Å². The lowest BCUT2D eigenvalue weighted by Gasteiger charge is -2.12. The summed E-state index contributed by atoms with van der Waals surface area (Å²) in [6, 6.07) is 5.82. The van der Waals surface area contributed by atoms with Gasteiger partial charge in [-0.3, -0.25) is 0 Å². The molecule has 0 aliphatic heterocycles. The SMILES string of the molecule is COc1ccc(OC(C)C)c(C)c1. The zero-order valence-electron chi connectivity index (χ0n) is 8.63. The minimum absolute atomic E-state index is 0.215. The molecule has 0 radical (unpaired) electrons. The van der Waals surface area contributed by atoms with Crippen molar-refractivity contribution < 1.29 is 9.47 Å². The Morgan fingerprint density at radius 1 is 1.23 bits per heavy atom. The molecule has 0 aliphatic rings. The Hall–Kier alpha value is -1.18. The molecule has 1 rings (SSSR count). The van der Waals surface area contributed by atoms with E-state index in [9.17, 15) is 0 Å². The molecule has 0 fully saturated rings. The van der Waals surface area contributed by atoms with Crippen molar-refractivity contribution in [2.45, 2.75) is 26.9 Å². The molecule has 0 aliphatic carbocycles. The zero-order chi connectivity index (χ0) is 9.84. The fourth-order valence-corrected chi connectivity index (χ4v) is 1.14. The molecule has 2 nitrogen and oxygen atoms in total. The molecule has 0 bridgehead atoms. The molecule has 0 saturated carbocycles. The summed E-state index contributed by atoms with van der Waals surface area (Å²) in [4.78, 5) is 0. The van der Waals surface area contributed by atoms with Crippen LogP contribution in [0.25, 0.3) is 0 Å². The van der Waals surface area contributed by atoms with E-state index >= 15 is 0 Å². The van der Waals surface area contributed by atoms with Crippen LogP contribution in [0, 0.1) is 6.92 Å². The van der Waals surface area contributed by atoms with Crippen LogP contribution in [0.4, 0.5) is 0 Å². The number of aryl methyl sites for hydroxylation is 1. The van der Waals surface area contributed by atoms with Gasteiger partial charge in [-0.05, 0) is 44.5 Å². The van der Waals surface area contributed by atoms with E-state index in [1.807, 2.05) is 39.0 Å². The molecule has 0 unspecified atom stereocenters. The average molecular weight is 180 g/mol. The van der Waals surface area contributed by atoms with Gasteiger partial charge in [-0.1, -0.05) is 0 Å². The number of ether oxygens (including phenoxy) is 2. The monoisotopic (exact) mass is 180 g/mol. The Labute approximate surface area is 79.5 Å². The van der Waals surface area contributed by atoms with E-state index in [1.165, 1.54) is 0 Å². The third kappa shape index (κ3) is 2.65. The van der Waals surface area contributed by atoms with Gasteiger partial charge in [0.15, 0.2) is 0 Å².